The fraction of sp³-hybridized carbons (Fsp3) is 0.400. The first-order valence-electron chi connectivity index (χ1n) is 11.4. The van der Waals surface area contributed by atoms with Crippen LogP contribution in [0.2, 0.25) is 0 Å². The van der Waals surface area contributed by atoms with E-state index in [2.05, 4.69) is 20.4 Å². The van der Waals surface area contributed by atoms with Gasteiger partial charge >= 0.3 is 0 Å². The van der Waals surface area contributed by atoms with Crippen molar-refractivity contribution in [2.45, 2.75) is 59.0 Å². The zero-order valence-electron chi connectivity index (χ0n) is 19.4. The van der Waals surface area contributed by atoms with Crippen LogP contribution in [0, 0.1) is 20.8 Å². The molecule has 0 aliphatic carbocycles. The lowest BCUT2D eigenvalue weighted by Gasteiger charge is -2.24. The van der Waals surface area contributed by atoms with Crippen molar-refractivity contribution in [3.8, 4) is 0 Å². The Hall–Kier alpha value is -3.55. The van der Waals surface area contributed by atoms with Gasteiger partial charge in [-0.05, 0) is 58.2 Å². The molecule has 0 bridgehead atoms. The van der Waals surface area contributed by atoms with Crippen molar-refractivity contribution < 1.29 is 9.59 Å². The number of carbonyl (C=O) groups is 2. The van der Waals surface area contributed by atoms with Gasteiger partial charge in [-0.25, -0.2) is 9.97 Å². The van der Waals surface area contributed by atoms with Crippen LogP contribution in [0.4, 0.5) is 5.69 Å². The highest BCUT2D eigenvalue weighted by Gasteiger charge is 2.32. The molecular weight excluding hydrogens is 416 g/mol. The SMILES string of the molecule is Cc1cc(C)n(CCCC(=O)N2CCC[C@H]2c2ncc(C(=O)Nc3ccccc3)c(C)n2)n1. The third kappa shape index (κ3) is 5.27. The standard InChI is InChI=1S/C25H30N6O2/c1-17-15-18(2)31(29-17)14-8-12-23(32)30-13-7-11-22(30)24-26-16-21(19(3)27-24)25(33)28-20-9-5-4-6-10-20/h4-6,9-10,15-16,22H,7-8,11-14H2,1-3H3,(H,28,33)/t22-/m0/s1. The number of likely N-dealkylation sites (tertiary alicyclic amines) is 1. The average Bonchev–Trinajstić information content (AvgIpc) is 3.40. The first-order valence-corrected chi connectivity index (χ1v) is 11.4. The Morgan fingerprint density at radius 3 is 2.64 bits per heavy atom. The summed E-state index contributed by atoms with van der Waals surface area (Å²) in [6, 6.07) is 11.2. The highest BCUT2D eigenvalue weighted by molar-refractivity contribution is 6.04. The third-order valence-electron chi connectivity index (χ3n) is 6.01. The number of rotatable bonds is 7. The molecule has 172 valence electrons. The van der Waals surface area contributed by atoms with Gasteiger partial charge in [-0.2, -0.15) is 5.10 Å². The quantitative estimate of drug-likeness (QED) is 0.592. The molecule has 3 heterocycles. The second kappa shape index (κ2) is 9.94. The Kier molecular flexibility index (Phi) is 6.82. The molecule has 1 aromatic carbocycles. The molecule has 8 heteroatoms. The Balaban J connectivity index is 1.39. The van der Waals surface area contributed by atoms with Gasteiger partial charge in [-0.1, -0.05) is 18.2 Å². The van der Waals surface area contributed by atoms with Gasteiger partial charge in [0, 0.05) is 37.1 Å². The molecule has 1 aliphatic rings. The number of anilines is 1. The van der Waals surface area contributed by atoms with Crippen molar-refractivity contribution in [1.82, 2.24) is 24.6 Å². The van der Waals surface area contributed by atoms with Crippen molar-refractivity contribution in [1.29, 1.82) is 0 Å². The Morgan fingerprint density at radius 2 is 1.94 bits per heavy atom. The fourth-order valence-corrected chi connectivity index (χ4v) is 4.35. The smallest absolute Gasteiger partial charge is 0.259 e. The summed E-state index contributed by atoms with van der Waals surface area (Å²) in [7, 11) is 0. The molecule has 0 saturated carbocycles. The molecule has 2 aromatic heterocycles. The molecule has 0 unspecified atom stereocenters. The zero-order chi connectivity index (χ0) is 23.4. The number of para-hydroxylation sites is 1. The van der Waals surface area contributed by atoms with E-state index in [1.165, 1.54) is 0 Å². The van der Waals surface area contributed by atoms with E-state index in [4.69, 9.17) is 0 Å². The summed E-state index contributed by atoms with van der Waals surface area (Å²) in [6.45, 7) is 7.25. The van der Waals surface area contributed by atoms with Crippen LogP contribution in [0.1, 0.15) is 65.0 Å². The predicted octanol–water partition coefficient (Wildman–Crippen LogP) is 3.99. The average molecular weight is 447 g/mol. The Morgan fingerprint density at radius 1 is 1.15 bits per heavy atom. The first-order chi connectivity index (χ1) is 15.9. The monoisotopic (exact) mass is 446 g/mol. The molecule has 8 nitrogen and oxygen atoms in total. The molecule has 0 radical (unpaired) electrons. The van der Waals surface area contributed by atoms with E-state index in [0.717, 1.165) is 42.9 Å². The normalized spacial score (nSPS) is 15.6. The molecule has 3 aromatic rings. The van der Waals surface area contributed by atoms with Crippen LogP contribution in [-0.4, -0.2) is 43.0 Å². The van der Waals surface area contributed by atoms with Gasteiger partial charge in [0.05, 0.1) is 23.0 Å². The summed E-state index contributed by atoms with van der Waals surface area (Å²) < 4.78 is 1.95. The number of aromatic nitrogens is 4. The number of hydrogen-bond acceptors (Lipinski definition) is 5. The van der Waals surface area contributed by atoms with E-state index in [9.17, 15) is 9.59 Å². The maximum Gasteiger partial charge on any atom is 0.259 e. The van der Waals surface area contributed by atoms with Crippen LogP contribution >= 0.6 is 0 Å². The van der Waals surface area contributed by atoms with Gasteiger partial charge in [0.1, 0.15) is 0 Å². The molecule has 1 aliphatic heterocycles. The predicted molar refractivity (Wildman–Crippen MR) is 126 cm³/mol. The van der Waals surface area contributed by atoms with Gasteiger partial charge in [-0.3, -0.25) is 14.3 Å². The highest BCUT2D eigenvalue weighted by atomic mass is 16.2. The van der Waals surface area contributed by atoms with E-state index in [-0.39, 0.29) is 17.9 Å². The summed E-state index contributed by atoms with van der Waals surface area (Å²) in [5.74, 6) is 0.480. The Labute approximate surface area is 194 Å². The number of aryl methyl sites for hydroxylation is 4. The molecule has 1 N–H and O–H groups in total. The highest BCUT2D eigenvalue weighted by Crippen LogP contribution is 2.31. The second-order valence-electron chi connectivity index (χ2n) is 8.55. The van der Waals surface area contributed by atoms with Crippen molar-refractivity contribution in [2.24, 2.45) is 0 Å². The van der Waals surface area contributed by atoms with E-state index < -0.39 is 0 Å². The van der Waals surface area contributed by atoms with E-state index >= 15 is 0 Å². The summed E-state index contributed by atoms with van der Waals surface area (Å²) in [5, 5.41) is 7.33. The first kappa shape index (κ1) is 22.6. The van der Waals surface area contributed by atoms with Crippen molar-refractivity contribution in [3.05, 3.63) is 71.1 Å². The largest absolute Gasteiger partial charge is 0.332 e. The van der Waals surface area contributed by atoms with Crippen molar-refractivity contribution >= 4 is 17.5 Å². The fourth-order valence-electron chi connectivity index (χ4n) is 4.35. The topological polar surface area (TPSA) is 93.0 Å². The lowest BCUT2D eigenvalue weighted by atomic mass is 10.1. The molecule has 1 saturated heterocycles. The Bertz CT molecular complexity index is 1140. The molecule has 1 atom stereocenters. The maximum absolute atomic E-state index is 12.9. The zero-order valence-corrected chi connectivity index (χ0v) is 19.4. The van der Waals surface area contributed by atoms with E-state index in [0.29, 0.717) is 30.0 Å². The third-order valence-corrected chi connectivity index (χ3v) is 6.01. The van der Waals surface area contributed by atoms with E-state index in [1.807, 2.05) is 59.8 Å². The van der Waals surface area contributed by atoms with Gasteiger partial charge in [-0.15, -0.1) is 0 Å². The van der Waals surface area contributed by atoms with E-state index in [1.54, 1.807) is 13.1 Å². The number of hydrogen-bond donors (Lipinski definition) is 1. The minimum Gasteiger partial charge on any atom is -0.332 e. The molecule has 33 heavy (non-hydrogen) atoms. The van der Waals surface area contributed by atoms with Crippen molar-refractivity contribution in [2.75, 3.05) is 11.9 Å². The lowest BCUT2D eigenvalue weighted by molar-refractivity contribution is -0.132. The number of amides is 2. The van der Waals surface area contributed by atoms with Gasteiger partial charge in [0.15, 0.2) is 5.82 Å². The number of nitrogens with zero attached hydrogens (tertiary/aromatic N) is 5. The summed E-state index contributed by atoms with van der Waals surface area (Å²) in [4.78, 5) is 36.6. The lowest BCUT2D eigenvalue weighted by Crippen LogP contribution is -2.31. The van der Waals surface area contributed by atoms with Crippen LogP contribution in [-0.2, 0) is 11.3 Å². The number of nitrogens with one attached hydrogen (secondary N) is 1. The molecule has 1 fully saturated rings. The summed E-state index contributed by atoms with van der Waals surface area (Å²) in [5.41, 5.74) is 3.87. The maximum atomic E-state index is 12.9. The van der Waals surface area contributed by atoms with Crippen molar-refractivity contribution in [3.63, 3.8) is 0 Å². The number of carbonyl (C=O) groups excluding carboxylic acids is 2. The minimum atomic E-state index is -0.242. The van der Waals surface area contributed by atoms with Gasteiger partial charge in [0.2, 0.25) is 5.91 Å². The second-order valence-corrected chi connectivity index (χ2v) is 8.55. The van der Waals surface area contributed by atoms with Gasteiger partial charge in [0.25, 0.3) is 5.91 Å². The van der Waals surface area contributed by atoms with Crippen LogP contribution in [0.15, 0.2) is 42.6 Å². The van der Waals surface area contributed by atoms with Crippen LogP contribution < -0.4 is 5.32 Å². The molecule has 0 spiro atoms. The van der Waals surface area contributed by atoms with Gasteiger partial charge < -0.3 is 10.2 Å². The molecular formula is C25H30N6O2. The number of benzene rings is 1. The van der Waals surface area contributed by atoms with Crippen LogP contribution in [0.3, 0.4) is 0 Å². The van der Waals surface area contributed by atoms with Crippen LogP contribution in [0.5, 0.6) is 0 Å². The van der Waals surface area contributed by atoms with Crippen LogP contribution in [0.25, 0.3) is 0 Å². The molecule has 4 rings (SSSR count). The minimum absolute atomic E-state index is 0.117. The summed E-state index contributed by atoms with van der Waals surface area (Å²) >= 11 is 0. The summed E-state index contributed by atoms with van der Waals surface area (Å²) in [6.07, 6.45) is 4.53. The molecule has 2 amide bonds.